The van der Waals surface area contributed by atoms with Crippen molar-refractivity contribution in [3.8, 4) is 28.4 Å². The van der Waals surface area contributed by atoms with Crippen LogP contribution in [0.3, 0.4) is 0 Å². The van der Waals surface area contributed by atoms with Gasteiger partial charge in [0.25, 0.3) is 0 Å². The normalized spacial score (nSPS) is 15.5. The average molecular weight is 415 g/mol. The molecule has 1 aliphatic carbocycles. The van der Waals surface area contributed by atoms with E-state index in [1.165, 1.54) is 5.56 Å². The van der Waals surface area contributed by atoms with E-state index in [-0.39, 0.29) is 18.0 Å². The number of Topliss-reactive ketones (excluding diaryl/α,β-unsaturated/α-hetero) is 1. The molecule has 3 aromatic rings. The second-order valence-corrected chi connectivity index (χ2v) is 8.36. The Kier molecular flexibility index (Phi) is 4.93. The van der Waals surface area contributed by atoms with Gasteiger partial charge in [-0.05, 0) is 78.8 Å². The molecule has 1 aliphatic heterocycles. The second kappa shape index (κ2) is 7.77. The van der Waals surface area contributed by atoms with Crippen LogP contribution in [-0.4, -0.2) is 19.2 Å². The number of hydrogen-bond acceptors (Lipinski definition) is 4. The summed E-state index contributed by atoms with van der Waals surface area (Å²) in [6, 6.07) is 20.4. The fourth-order valence-corrected chi connectivity index (χ4v) is 4.39. The number of carbonyl (C=O) groups excluding carboxylic acids is 1. The minimum Gasteiger partial charge on any atom is -0.494 e. The highest BCUT2D eigenvalue weighted by molar-refractivity contribution is 5.95. The van der Waals surface area contributed by atoms with Crippen LogP contribution in [0.4, 0.5) is 0 Å². The van der Waals surface area contributed by atoms with Gasteiger partial charge in [-0.1, -0.05) is 36.4 Å². The molecule has 2 aliphatic rings. The zero-order valence-corrected chi connectivity index (χ0v) is 17.9. The van der Waals surface area contributed by atoms with Crippen molar-refractivity contribution in [2.75, 3.05) is 13.4 Å². The topological polar surface area (TPSA) is 44.8 Å². The van der Waals surface area contributed by atoms with Crippen molar-refractivity contribution in [2.45, 2.75) is 38.5 Å². The van der Waals surface area contributed by atoms with Gasteiger partial charge in [0.15, 0.2) is 11.5 Å². The van der Waals surface area contributed by atoms with Crippen LogP contribution < -0.4 is 14.2 Å². The number of ether oxygens (including phenoxy) is 3. The minimum atomic E-state index is -0.384. The molecule has 158 valence electrons. The molecule has 1 fully saturated rings. The molecule has 0 unspecified atom stereocenters. The van der Waals surface area contributed by atoms with Crippen molar-refractivity contribution >= 4 is 5.78 Å². The molecule has 0 radical (unpaired) electrons. The molecule has 0 spiro atoms. The molecule has 1 saturated carbocycles. The molecule has 1 heterocycles. The van der Waals surface area contributed by atoms with Crippen LogP contribution in [-0.2, 0) is 16.6 Å². The van der Waals surface area contributed by atoms with Gasteiger partial charge in [-0.25, -0.2) is 0 Å². The molecule has 0 bridgehead atoms. The standard InChI is InChI=1S/C27H26O4/c1-3-29-22-9-6-20(7-10-22)23-14-19(5-4-18(23)2)15-26(28)27(12-13-27)21-8-11-24-25(16-21)31-17-30-24/h4-11,14,16H,3,12-13,15,17H2,1-2H3. The second-order valence-electron chi connectivity index (χ2n) is 8.36. The summed E-state index contributed by atoms with van der Waals surface area (Å²) in [5.41, 5.74) is 5.18. The summed E-state index contributed by atoms with van der Waals surface area (Å²) < 4.78 is 16.5. The first-order valence-electron chi connectivity index (χ1n) is 10.9. The largest absolute Gasteiger partial charge is 0.494 e. The summed E-state index contributed by atoms with van der Waals surface area (Å²) in [6.07, 6.45) is 2.21. The molecule has 0 atom stereocenters. The quantitative estimate of drug-likeness (QED) is 0.502. The van der Waals surface area contributed by atoms with Crippen molar-refractivity contribution in [1.29, 1.82) is 0 Å². The van der Waals surface area contributed by atoms with Crippen LogP contribution in [0.1, 0.15) is 36.5 Å². The Morgan fingerprint density at radius 1 is 0.968 bits per heavy atom. The average Bonchev–Trinajstić information content (AvgIpc) is 3.47. The minimum absolute atomic E-state index is 0.247. The van der Waals surface area contributed by atoms with Crippen LogP contribution >= 0.6 is 0 Å². The Labute approximate surface area is 182 Å². The number of rotatable bonds is 7. The molecule has 0 amide bonds. The number of aryl methyl sites for hydroxylation is 1. The number of hydrogen-bond donors (Lipinski definition) is 0. The zero-order valence-electron chi connectivity index (χ0n) is 17.9. The Morgan fingerprint density at radius 2 is 1.74 bits per heavy atom. The fourth-order valence-electron chi connectivity index (χ4n) is 4.39. The maximum Gasteiger partial charge on any atom is 0.231 e. The molecule has 0 N–H and O–H groups in total. The van der Waals surface area contributed by atoms with Gasteiger partial charge < -0.3 is 14.2 Å². The van der Waals surface area contributed by atoms with E-state index in [2.05, 4.69) is 37.3 Å². The third-order valence-electron chi connectivity index (χ3n) is 6.35. The van der Waals surface area contributed by atoms with E-state index in [1.54, 1.807) is 0 Å². The van der Waals surface area contributed by atoms with E-state index < -0.39 is 0 Å². The predicted octanol–water partition coefficient (Wildman–Crippen LogP) is 5.63. The maximum absolute atomic E-state index is 13.4. The smallest absolute Gasteiger partial charge is 0.231 e. The van der Waals surface area contributed by atoms with Gasteiger partial charge in [0.1, 0.15) is 11.5 Å². The van der Waals surface area contributed by atoms with Crippen LogP contribution in [0, 0.1) is 6.92 Å². The lowest BCUT2D eigenvalue weighted by Crippen LogP contribution is -2.22. The maximum atomic E-state index is 13.4. The Bertz CT molecular complexity index is 1130. The molecule has 3 aromatic carbocycles. The third-order valence-corrected chi connectivity index (χ3v) is 6.35. The van der Waals surface area contributed by atoms with Gasteiger partial charge in [-0.3, -0.25) is 4.79 Å². The molecule has 5 rings (SSSR count). The first-order chi connectivity index (χ1) is 15.1. The number of carbonyl (C=O) groups is 1. The Balaban J connectivity index is 1.38. The molecule has 4 nitrogen and oxygen atoms in total. The summed E-state index contributed by atoms with van der Waals surface area (Å²) in [5.74, 6) is 2.64. The van der Waals surface area contributed by atoms with Gasteiger partial charge in [0, 0.05) is 6.42 Å². The molecule has 31 heavy (non-hydrogen) atoms. The van der Waals surface area contributed by atoms with Gasteiger partial charge in [-0.2, -0.15) is 0 Å². The third kappa shape index (κ3) is 3.67. The molecule has 4 heteroatoms. The monoisotopic (exact) mass is 414 g/mol. The first-order valence-corrected chi connectivity index (χ1v) is 10.9. The lowest BCUT2D eigenvalue weighted by molar-refractivity contribution is -0.120. The van der Waals surface area contributed by atoms with Gasteiger partial charge in [0.05, 0.1) is 12.0 Å². The SMILES string of the molecule is CCOc1ccc(-c2cc(CC(=O)C3(c4ccc5c(c4)OCO5)CC3)ccc2C)cc1. The van der Waals surface area contributed by atoms with Crippen LogP contribution in [0.5, 0.6) is 17.2 Å². The summed E-state index contributed by atoms with van der Waals surface area (Å²) in [7, 11) is 0. The summed E-state index contributed by atoms with van der Waals surface area (Å²) in [5, 5.41) is 0. The van der Waals surface area contributed by atoms with Gasteiger partial charge >= 0.3 is 0 Å². The predicted molar refractivity (Wildman–Crippen MR) is 120 cm³/mol. The summed E-state index contributed by atoms with van der Waals surface area (Å²) in [4.78, 5) is 13.4. The fraction of sp³-hybridized carbons (Fsp3) is 0.296. The van der Waals surface area contributed by atoms with Crippen molar-refractivity contribution in [1.82, 2.24) is 0 Å². The molecular weight excluding hydrogens is 388 g/mol. The van der Waals surface area contributed by atoms with Gasteiger partial charge in [0.2, 0.25) is 6.79 Å². The number of benzene rings is 3. The number of fused-ring (bicyclic) bond motifs is 1. The van der Waals surface area contributed by atoms with Crippen molar-refractivity contribution in [3.63, 3.8) is 0 Å². The summed E-state index contributed by atoms with van der Waals surface area (Å²) >= 11 is 0. The molecule has 0 aromatic heterocycles. The number of ketones is 1. The van der Waals surface area contributed by atoms with Crippen LogP contribution in [0.25, 0.3) is 11.1 Å². The van der Waals surface area contributed by atoms with Crippen LogP contribution in [0.15, 0.2) is 60.7 Å². The highest BCUT2D eigenvalue weighted by Gasteiger charge is 2.50. The lowest BCUT2D eigenvalue weighted by atomic mass is 9.87. The van der Waals surface area contributed by atoms with Crippen molar-refractivity contribution in [2.24, 2.45) is 0 Å². The van der Waals surface area contributed by atoms with E-state index in [0.717, 1.165) is 52.3 Å². The highest BCUT2D eigenvalue weighted by atomic mass is 16.7. The summed E-state index contributed by atoms with van der Waals surface area (Å²) in [6.45, 7) is 4.99. The van der Waals surface area contributed by atoms with Gasteiger partial charge in [-0.15, -0.1) is 0 Å². The van der Waals surface area contributed by atoms with E-state index >= 15 is 0 Å². The first kappa shape index (κ1) is 19.7. The zero-order chi connectivity index (χ0) is 21.4. The van der Waals surface area contributed by atoms with Crippen LogP contribution in [0.2, 0.25) is 0 Å². The lowest BCUT2D eigenvalue weighted by Gasteiger charge is -2.16. The van der Waals surface area contributed by atoms with Crippen molar-refractivity contribution < 1.29 is 19.0 Å². The Morgan fingerprint density at radius 3 is 2.48 bits per heavy atom. The van der Waals surface area contributed by atoms with E-state index in [0.29, 0.717) is 13.0 Å². The molecule has 0 saturated heterocycles. The van der Waals surface area contributed by atoms with E-state index in [9.17, 15) is 4.79 Å². The van der Waals surface area contributed by atoms with E-state index in [1.807, 2.05) is 37.3 Å². The van der Waals surface area contributed by atoms with E-state index in [4.69, 9.17) is 14.2 Å². The highest BCUT2D eigenvalue weighted by Crippen LogP contribution is 2.51. The molecular formula is C27H26O4. The van der Waals surface area contributed by atoms with Crippen molar-refractivity contribution in [3.05, 3.63) is 77.4 Å². The Hall–Kier alpha value is -3.27.